The molecule has 130 valence electrons. The molecule has 0 amide bonds. The van der Waals surface area contributed by atoms with Crippen LogP contribution >= 0.6 is 0 Å². The van der Waals surface area contributed by atoms with Crippen molar-refractivity contribution in [2.75, 3.05) is 12.8 Å². The number of ether oxygens (including phenoxy) is 1. The average Bonchev–Trinajstić information content (AvgIpc) is 3.03. The summed E-state index contributed by atoms with van der Waals surface area (Å²) in [4.78, 5) is 16.2. The van der Waals surface area contributed by atoms with Gasteiger partial charge in [-0.15, -0.1) is 0 Å². The number of aromatic nitrogens is 2. The summed E-state index contributed by atoms with van der Waals surface area (Å²) in [5, 5.41) is 9.28. The first-order valence-electron chi connectivity index (χ1n) is 8.12. The summed E-state index contributed by atoms with van der Waals surface area (Å²) in [5.41, 5.74) is 9.54. The average molecular weight is 346 g/mol. The summed E-state index contributed by atoms with van der Waals surface area (Å²) in [6.45, 7) is 0. The number of hydrogen-bond acceptors (Lipinski definition) is 5. The molecule has 2 heterocycles. The third-order valence-corrected chi connectivity index (χ3v) is 4.23. The Labute approximate surface area is 151 Å². The minimum Gasteiger partial charge on any atom is -0.464 e. The van der Waals surface area contributed by atoms with Crippen LogP contribution in [0.25, 0.3) is 5.69 Å². The van der Waals surface area contributed by atoms with Crippen LogP contribution in [0.3, 0.4) is 0 Å². The molecule has 0 radical (unpaired) electrons. The van der Waals surface area contributed by atoms with Crippen molar-refractivity contribution in [2.45, 2.75) is 12.8 Å². The number of nitrogens with two attached hydrogens (primary N) is 1. The van der Waals surface area contributed by atoms with E-state index in [1.54, 1.807) is 23.2 Å². The van der Waals surface area contributed by atoms with Gasteiger partial charge >= 0.3 is 5.97 Å². The maximum absolute atomic E-state index is 12.2. The molecule has 0 saturated carbocycles. The van der Waals surface area contributed by atoms with E-state index in [1.807, 2.05) is 42.5 Å². The molecule has 0 bridgehead atoms. The molecule has 0 unspecified atom stereocenters. The van der Waals surface area contributed by atoms with E-state index >= 15 is 0 Å². The normalized spacial score (nSPS) is 10.3. The molecule has 3 rings (SSSR count). The summed E-state index contributed by atoms with van der Waals surface area (Å²) in [6.07, 6.45) is 6.70. The number of rotatable bonds is 5. The molecule has 0 aliphatic heterocycles. The van der Waals surface area contributed by atoms with Gasteiger partial charge < -0.3 is 15.0 Å². The fourth-order valence-electron chi connectivity index (χ4n) is 2.89. The van der Waals surface area contributed by atoms with Crippen molar-refractivity contribution in [2.24, 2.45) is 0 Å². The SMILES string of the molecule is COC(=O)c1c(N)c(C#N)cn1-c1ccccc1CCc1ccncc1. The second-order valence-electron chi connectivity index (χ2n) is 5.76. The largest absolute Gasteiger partial charge is 0.464 e. The highest BCUT2D eigenvalue weighted by molar-refractivity contribution is 5.96. The molecule has 0 aliphatic rings. The van der Waals surface area contributed by atoms with Crippen molar-refractivity contribution < 1.29 is 9.53 Å². The van der Waals surface area contributed by atoms with Crippen LogP contribution in [0.5, 0.6) is 0 Å². The number of anilines is 1. The quantitative estimate of drug-likeness (QED) is 0.717. The van der Waals surface area contributed by atoms with Crippen LogP contribution in [0.4, 0.5) is 5.69 Å². The second kappa shape index (κ2) is 7.53. The highest BCUT2D eigenvalue weighted by Crippen LogP contribution is 2.27. The number of aryl methyl sites for hydroxylation is 2. The molecule has 0 atom stereocenters. The highest BCUT2D eigenvalue weighted by Gasteiger charge is 2.22. The van der Waals surface area contributed by atoms with Gasteiger partial charge in [-0.25, -0.2) is 4.79 Å². The number of nitriles is 1. The van der Waals surface area contributed by atoms with E-state index in [0.29, 0.717) is 0 Å². The van der Waals surface area contributed by atoms with E-state index in [-0.39, 0.29) is 16.9 Å². The molecule has 1 aromatic carbocycles. The molecule has 2 aromatic heterocycles. The number of benzene rings is 1. The summed E-state index contributed by atoms with van der Waals surface area (Å²) < 4.78 is 6.49. The summed E-state index contributed by atoms with van der Waals surface area (Å²) in [6, 6.07) is 13.7. The maximum Gasteiger partial charge on any atom is 0.357 e. The zero-order valence-electron chi connectivity index (χ0n) is 14.3. The molecule has 0 saturated heterocycles. The molecule has 6 heteroatoms. The smallest absolute Gasteiger partial charge is 0.357 e. The predicted molar refractivity (Wildman–Crippen MR) is 97.9 cm³/mol. The van der Waals surface area contributed by atoms with Gasteiger partial charge in [-0.1, -0.05) is 18.2 Å². The molecule has 2 N–H and O–H groups in total. The van der Waals surface area contributed by atoms with Gasteiger partial charge in [-0.3, -0.25) is 4.98 Å². The van der Waals surface area contributed by atoms with Crippen LogP contribution in [-0.4, -0.2) is 22.6 Å². The molecular formula is C20H18N4O2. The predicted octanol–water partition coefficient (Wildman–Crippen LogP) is 2.90. The molecule has 0 aliphatic carbocycles. The van der Waals surface area contributed by atoms with E-state index in [2.05, 4.69) is 4.98 Å². The van der Waals surface area contributed by atoms with Gasteiger partial charge in [-0.05, 0) is 42.2 Å². The maximum atomic E-state index is 12.2. The number of methoxy groups -OCH3 is 1. The Balaban J connectivity index is 2.03. The number of nitrogens with zero attached hydrogens (tertiary/aromatic N) is 3. The Bertz CT molecular complexity index is 971. The van der Waals surface area contributed by atoms with Crippen LogP contribution in [-0.2, 0) is 17.6 Å². The number of esters is 1. The van der Waals surface area contributed by atoms with Crippen LogP contribution in [0, 0.1) is 11.3 Å². The topological polar surface area (TPSA) is 93.9 Å². The Morgan fingerprint density at radius 1 is 1.23 bits per heavy atom. The fraction of sp³-hybridized carbons (Fsp3) is 0.150. The van der Waals surface area contributed by atoms with Gasteiger partial charge in [0.15, 0.2) is 5.69 Å². The Morgan fingerprint density at radius 2 is 1.96 bits per heavy atom. The lowest BCUT2D eigenvalue weighted by molar-refractivity contribution is 0.0593. The van der Waals surface area contributed by atoms with Crippen LogP contribution in [0.15, 0.2) is 55.0 Å². The lowest BCUT2D eigenvalue weighted by Gasteiger charge is -2.13. The van der Waals surface area contributed by atoms with Gasteiger partial charge in [0.2, 0.25) is 0 Å². The molecule has 0 fully saturated rings. The van der Waals surface area contributed by atoms with E-state index in [1.165, 1.54) is 12.7 Å². The Morgan fingerprint density at radius 3 is 2.65 bits per heavy atom. The number of pyridine rings is 1. The molecule has 26 heavy (non-hydrogen) atoms. The van der Waals surface area contributed by atoms with E-state index in [9.17, 15) is 10.1 Å². The van der Waals surface area contributed by atoms with Crippen molar-refractivity contribution in [3.63, 3.8) is 0 Å². The summed E-state index contributed by atoms with van der Waals surface area (Å²) in [7, 11) is 1.29. The third-order valence-electron chi connectivity index (χ3n) is 4.23. The van der Waals surface area contributed by atoms with Crippen LogP contribution < -0.4 is 5.73 Å². The fourth-order valence-corrected chi connectivity index (χ4v) is 2.89. The first-order chi connectivity index (χ1) is 12.7. The lowest BCUT2D eigenvalue weighted by atomic mass is 10.0. The monoisotopic (exact) mass is 346 g/mol. The number of carbonyl (C=O) groups is 1. The van der Waals surface area contributed by atoms with Gasteiger partial charge in [0.1, 0.15) is 6.07 Å². The zero-order valence-corrected chi connectivity index (χ0v) is 14.3. The number of para-hydroxylation sites is 1. The molecule has 6 nitrogen and oxygen atoms in total. The molecule has 0 spiro atoms. The lowest BCUT2D eigenvalue weighted by Crippen LogP contribution is -2.12. The highest BCUT2D eigenvalue weighted by atomic mass is 16.5. The first-order valence-corrected chi connectivity index (χ1v) is 8.12. The number of carbonyl (C=O) groups excluding carboxylic acids is 1. The van der Waals surface area contributed by atoms with Crippen molar-refractivity contribution >= 4 is 11.7 Å². The minimum absolute atomic E-state index is 0.128. The van der Waals surface area contributed by atoms with E-state index < -0.39 is 5.97 Å². The van der Waals surface area contributed by atoms with Crippen molar-refractivity contribution in [1.29, 1.82) is 5.26 Å². The van der Waals surface area contributed by atoms with Crippen LogP contribution in [0.1, 0.15) is 27.2 Å². The van der Waals surface area contributed by atoms with Gasteiger partial charge in [0.25, 0.3) is 0 Å². The van der Waals surface area contributed by atoms with Crippen molar-refractivity contribution in [1.82, 2.24) is 9.55 Å². The first kappa shape index (κ1) is 17.2. The molecular weight excluding hydrogens is 328 g/mol. The summed E-state index contributed by atoms with van der Waals surface area (Å²) in [5.74, 6) is -0.576. The number of nitrogen functional groups attached to an aromatic ring is 1. The standard InChI is InChI=1S/C20H18N4O2/c1-26-20(25)19-18(22)16(12-21)13-24(19)17-5-3-2-4-15(17)7-6-14-8-10-23-11-9-14/h2-5,8-11,13H,6-7,22H2,1H3. The Hall–Kier alpha value is -3.59. The van der Waals surface area contributed by atoms with Gasteiger partial charge in [0.05, 0.1) is 18.4 Å². The van der Waals surface area contributed by atoms with Gasteiger partial charge in [-0.2, -0.15) is 5.26 Å². The Kier molecular flexibility index (Phi) is 4.99. The van der Waals surface area contributed by atoms with Gasteiger partial charge in [0, 0.05) is 24.3 Å². The third kappa shape index (κ3) is 3.28. The van der Waals surface area contributed by atoms with Crippen LogP contribution in [0.2, 0.25) is 0 Å². The minimum atomic E-state index is -0.576. The van der Waals surface area contributed by atoms with Crippen molar-refractivity contribution in [3.8, 4) is 11.8 Å². The summed E-state index contributed by atoms with van der Waals surface area (Å²) >= 11 is 0. The molecule has 3 aromatic rings. The second-order valence-corrected chi connectivity index (χ2v) is 5.76. The number of hydrogen-bond donors (Lipinski definition) is 1. The van der Waals surface area contributed by atoms with E-state index in [0.717, 1.165) is 24.1 Å². The van der Waals surface area contributed by atoms with E-state index in [4.69, 9.17) is 10.5 Å². The van der Waals surface area contributed by atoms with Crippen molar-refractivity contribution in [3.05, 3.63) is 77.4 Å². The zero-order chi connectivity index (χ0) is 18.5.